The highest BCUT2D eigenvalue weighted by Crippen LogP contribution is 2.49. The Morgan fingerprint density at radius 1 is 1.00 bits per heavy atom. The SMILES string of the molecule is O=C(CCC1(c2ccc(Cl)cc2)c2ccccc2-c2nccn21)N1CCC(CN2CCC(F)(F)CC2)CC1. The number of halogens is 3. The number of alkyl halides is 2. The zero-order valence-corrected chi connectivity index (χ0v) is 22.2. The highest BCUT2D eigenvalue weighted by Gasteiger charge is 2.45. The van der Waals surface area contributed by atoms with Crippen LogP contribution in [0.3, 0.4) is 0 Å². The second-order valence-electron chi connectivity index (χ2n) is 11.0. The number of hydrogen-bond donors (Lipinski definition) is 0. The number of fused-ring (bicyclic) bond motifs is 3. The minimum atomic E-state index is -2.51. The summed E-state index contributed by atoms with van der Waals surface area (Å²) in [4.78, 5) is 22.3. The summed E-state index contributed by atoms with van der Waals surface area (Å²) in [6.07, 6.45) is 6.65. The number of carbonyl (C=O) groups is 1. The van der Waals surface area contributed by atoms with Crippen LogP contribution in [0.15, 0.2) is 60.9 Å². The zero-order chi connectivity index (χ0) is 26.3. The summed E-state index contributed by atoms with van der Waals surface area (Å²) < 4.78 is 29.2. The molecule has 0 spiro atoms. The molecule has 6 rings (SSSR count). The molecule has 1 unspecified atom stereocenters. The van der Waals surface area contributed by atoms with Crippen molar-refractivity contribution in [2.45, 2.75) is 50.0 Å². The number of benzene rings is 2. The van der Waals surface area contributed by atoms with Crippen LogP contribution in [0.5, 0.6) is 0 Å². The molecule has 3 aromatic rings. The lowest BCUT2D eigenvalue weighted by molar-refractivity contribution is -0.133. The Bertz CT molecular complexity index is 1290. The molecule has 3 aliphatic heterocycles. The Kier molecular flexibility index (Phi) is 6.77. The van der Waals surface area contributed by atoms with Gasteiger partial charge >= 0.3 is 0 Å². The molecule has 5 nitrogen and oxygen atoms in total. The average Bonchev–Trinajstić information content (AvgIpc) is 3.51. The van der Waals surface area contributed by atoms with Gasteiger partial charge in [0.1, 0.15) is 5.82 Å². The van der Waals surface area contributed by atoms with E-state index in [9.17, 15) is 13.6 Å². The molecule has 1 atom stereocenters. The fraction of sp³-hybridized carbons (Fsp3) is 0.467. The monoisotopic (exact) mass is 538 g/mol. The van der Waals surface area contributed by atoms with E-state index >= 15 is 0 Å². The topological polar surface area (TPSA) is 41.4 Å². The maximum atomic E-state index is 13.5. The molecule has 0 bridgehead atoms. The van der Waals surface area contributed by atoms with Gasteiger partial charge < -0.3 is 14.4 Å². The summed E-state index contributed by atoms with van der Waals surface area (Å²) in [5.74, 6) is -0.964. The van der Waals surface area contributed by atoms with Crippen LogP contribution in [0, 0.1) is 5.92 Å². The number of carbonyl (C=O) groups excluding carboxylic acids is 1. The maximum Gasteiger partial charge on any atom is 0.250 e. The number of likely N-dealkylation sites (tertiary alicyclic amines) is 2. The number of hydrogen-bond acceptors (Lipinski definition) is 3. The Morgan fingerprint density at radius 2 is 1.71 bits per heavy atom. The van der Waals surface area contributed by atoms with Gasteiger partial charge in [0, 0.05) is 75.0 Å². The zero-order valence-electron chi connectivity index (χ0n) is 21.5. The van der Waals surface area contributed by atoms with Gasteiger partial charge in [-0.25, -0.2) is 13.8 Å². The summed E-state index contributed by atoms with van der Waals surface area (Å²) in [5.41, 5.74) is 2.81. The molecule has 8 heteroatoms. The van der Waals surface area contributed by atoms with Crippen LogP contribution in [-0.4, -0.2) is 63.9 Å². The highest BCUT2D eigenvalue weighted by molar-refractivity contribution is 6.30. The molecule has 1 amide bonds. The third-order valence-corrected chi connectivity index (χ3v) is 9.01. The molecule has 2 aromatic carbocycles. The van der Waals surface area contributed by atoms with Crippen molar-refractivity contribution >= 4 is 17.5 Å². The van der Waals surface area contributed by atoms with Crippen molar-refractivity contribution in [3.63, 3.8) is 0 Å². The normalized spacial score (nSPS) is 23.3. The first-order chi connectivity index (χ1) is 18.4. The van der Waals surface area contributed by atoms with Crippen molar-refractivity contribution in [3.8, 4) is 11.4 Å². The summed E-state index contributed by atoms with van der Waals surface area (Å²) in [7, 11) is 0. The van der Waals surface area contributed by atoms with Crippen LogP contribution in [-0.2, 0) is 10.3 Å². The van der Waals surface area contributed by atoms with Crippen molar-refractivity contribution in [1.82, 2.24) is 19.4 Å². The van der Waals surface area contributed by atoms with Crippen LogP contribution >= 0.6 is 11.6 Å². The molecule has 1 aromatic heterocycles. The van der Waals surface area contributed by atoms with E-state index < -0.39 is 11.5 Å². The van der Waals surface area contributed by atoms with Gasteiger partial charge in [-0.2, -0.15) is 0 Å². The standard InChI is InChI=1S/C30H33ClF2N4O/c31-24-7-5-23(6-8-24)30(26-4-2-1-3-25(26)28-34-15-20-37(28)30)12-9-27(38)36-16-10-22(11-17-36)21-35-18-13-29(32,33)14-19-35/h1-8,15,20,22H,9-14,16-19,21H2. The smallest absolute Gasteiger partial charge is 0.250 e. The molecule has 3 aliphatic rings. The predicted molar refractivity (Wildman–Crippen MR) is 144 cm³/mol. The number of piperidine rings is 2. The van der Waals surface area contributed by atoms with Crippen molar-refractivity contribution in [3.05, 3.63) is 77.1 Å². The first-order valence-corrected chi connectivity index (χ1v) is 14.0. The first kappa shape index (κ1) is 25.5. The molecular formula is C30H33ClF2N4O. The molecule has 4 heterocycles. The lowest BCUT2D eigenvalue weighted by Gasteiger charge is -2.38. The van der Waals surface area contributed by atoms with Gasteiger partial charge in [0.15, 0.2) is 0 Å². The Morgan fingerprint density at radius 3 is 2.45 bits per heavy atom. The number of rotatable bonds is 6. The second kappa shape index (κ2) is 10.1. The fourth-order valence-electron chi connectivity index (χ4n) is 6.64. The van der Waals surface area contributed by atoms with Crippen LogP contribution < -0.4 is 0 Å². The third kappa shape index (κ3) is 4.64. The van der Waals surface area contributed by atoms with Crippen LogP contribution in [0.2, 0.25) is 5.02 Å². The van der Waals surface area contributed by atoms with Crippen molar-refractivity contribution < 1.29 is 13.6 Å². The van der Waals surface area contributed by atoms with Gasteiger partial charge in [-0.05, 0) is 48.4 Å². The molecule has 0 N–H and O–H groups in total. The summed E-state index contributed by atoms with van der Waals surface area (Å²) in [6.45, 7) is 3.26. The summed E-state index contributed by atoms with van der Waals surface area (Å²) in [6, 6.07) is 16.2. The molecule has 0 radical (unpaired) electrons. The fourth-order valence-corrected chi connectivity index (χ4v) is 6.76. The molecule has 200 valence electrons. The molecule has 0 saturated carbocycles. The second-order valence-corrected chi connectivity index (χ2v) is 11.5. The Balaban J connectivity index is 1.15. The average molecular weight is 539 g/mol. The highest BCUT2D eigenvalue weighted by atomic mass is 35.5. The number of amides is 1. The minimum Gasteiger partial charge on any atom is -0.343 e. The quantitative estimate of drug-likeness (QED) is 0.383. The van der Waals surface area contributed by atoms with E-state index in [0.29, 0.717) is 36.9 Å². The first-order valence-electron chi connectivity index (χ1n) is 13.6. The van der Waals surface area contributed by atoms with E-state index in [4.69, 9.17) is 11.6 Å². The lowest BCUT2D eigenvalue weighted by Crippen LogP contribution is -2.45. The van der Waals surface area contributed by atoms with Crippen molar-refractivity contribution in [2.75, 3.05) is 32.7 Å². The van der Waals surface area contributed by atoms with E-state index in [1.54, 1.807) is 0 Å². The molecule has 2 saturated heterocycles. The van der Waals surface area contributed by atoms with Crippen LogP contribution in [0.1, 0.15) is 49.7 Å². The number of imidazole rings is 1. The maximum absolute atomic E-state index is 13.5. The van der Waals surface area contributed by atoms with Gasteiger partial charge in [0.05, 0.1) is 5.54 Å². The number of nitrogens with zero attached hydrogens (tertiary/aromatic N) is 4. The van der Waals surface area contributed by atoms with E-state index in [0.717, 1.165) is 55.0 Å². The largest absolute Gasteiger partial charge is 0.343 e. The van der Waals surface area contributed by atoms with E-state index in [1.165, 1.54) is 0 Å². The minimum absolute atomic E-state index is 0.0402. The van der Waals surface area contributed by atoms with Crippen LogP contribution in [0.4, 0.5) is 8.78 Å². The summed E-state index contributed by atoms with van der Waals surface area (Å²) in [5, 5.41) is 0.679. The van der Waals surface area contributed by atoms with Crippen molar-refractivity contribution in [1.29, 1.82) is 0 Å². The predicted octanol–water partition coefficient (Wildman–Crippen LogP) is 6.06. The van der Waals surface area contributed by atoms with Crippen LogP contribution in [0.25, 0.3) is 11.4 Å². The molecule has 38 heavy (non-hydrogen) atoms. The van der Waals surface area contributed by atoms with Gasteiger partial charge in [0.2, 0.25) is 5.91 Å². The Hall–Kier alpha value is -2.77. The summed E-state index contributed by atoms with van der Waals surface area (Å²) >= 11 is 6.24. The van der Waals surface area contributed by atoms with E-state index in [-0.39, 0.29) is 18.7 Å². The van der Waals surface area contributed by atoms with E-state index in [1.807, 2.05) is 41.6 Å². The molecule has 2 fully saturated rings. The van der Waals surface area contributed by atoms with Gasteiger partial charge in [-0.3, -0.25) is 4.79 Å². The number of aromatic nitrogens is 2. The molecular weight excluding hydrogens is 506 g/mol. The van der Waals surface area contributed by atoms with Gasteiger partial charge in [-0.1, -0.05) is 48.0 Å². The molecule has 0 aliphatic carbocycles. The van der Waals surface area contributed by atoms with E-state index in [2.05, 4.69) is 38.7 Å². The van der Waals surface area contributed by atoms with Gasteiger partial charge in [-0.15, -0.1) is 0 Å². The Labute approximate surface area is 227 Å². The lowest BCUT2D eigenvalue weighted by atomic mass is 9.79. The van der Waals surface area contributed by atoms with Gasteiger partial charge in [0.25, 0.3) is 5.92 Å². The third-order valence-electron chi connectivity index (χ3n) is 8.76. The van der Waals surface area contributed by atoms with Crippen molar-refractivity contribution in [2.24, 2.45) is 5.92 Å².